The van der Waals surface area contributed by atoms with Gasteiger partial charge in [0.15, 0.2) is 0 Å². The third-order valence-corrected chi connectivity index (χ3v) is 4.21. The molecule has 0 atom stereocenters. The fourth-order valence-electron chi connectivity index (χ4n) is 1.99. The first-order valence-corrected chi connectivity index (χ1v) is 7.37. The van der Waals surface area contributed by atoms with E-state index in [2.05, 4.69) is 46.3 Å². The molecule has 0 saturated carbocycles. The Balaban J connectivity index is 2.01. The molecule has 0 spiro atoms. The van der Waals surface area contributed by atoms with E-state index in [0.717, 1.165) is 41.1 Å². The molecule has 4 nitrogen and oxygen atoms in total. The van der Waals surface area contributed by atoms with Gasteiger partial charge >= 0.3 is 0 Å². The second-order valence-electron chi connectivity index (χ2n) is 4.74. The molecule has 0 fully saturated rings. The molecule has 104 valence electrons. The molecule has 1 N–H and O–H groups in total. The van der Waals surface area contributed by atoms with Crippen molar-refractivity contribution in [3.05, 3.63) is 39.5 Å². The molecule has 0 aromatic carbocycles. The summed E-state index contributed by atoms with van der Waals surface area (Å²) in [6, 6.07) is 2.09. The first-order chi connectivity index (χ1) is 9.11. The number of aromatic nitrogens is 2. The average molecular weight is 326 g/mol. The summed E-state index contributed by atoms with van der Waals surface area (Å²) in [6.45, 7) is 8.77. The molecule has 0 radical (unpaired) electrons. The lowest BCUT2D eigenvalue weighted by molar-refractivity contribution is 0.474. The number of hydrogen-bond donors (Lipinski definition) is 1. The summed E-state index contributed by atoms with van der Waals surface area (Å²) in [4.78, 5) is 0. The predicted molar refractivity (Wildman–Crippen MR) is 79.2 cm³/mol. The Kier molecular flexibility index (Phi) is 4.82. The minimum atomic E-state index is 0.673. The van der Waals surface area contributed by atoms with Gasteiger partial charge in [-0.15, -0.1) is 0 Å². The lowest BCUT2D eigenvalue weighted by Gasteiger charge is -2.01. The van der Waals surface area contributed by atoms with Crippen LogP contribution in [-0.2, 0) is 13.1 Å². The predicted octanol–water partition coefficient (Wildman–Crippen LogP) is 3.40. The van der Waals surface area contributed by atoms with Crippen LogP contribution in [0.5, 0.6) is 0 Å². The number of hydrogen-bond acceptors (Lipinski definition) is 3. The first-order valence-electron chi connectivity index (χ1n) is 6.58. The van der Waals surface area contributed by atoms with Crippen LogP contribution in [0.3, 0.4) is 0 Å². The highest BCUT2D eigenvalue weighted by Gasteiger charge is 2.10. The lowest BCUT2D eigenvalue weighted by Crippen LogP contribution is -2.13. The van der Waals surface area contributed by atoms with Crippen molar-refractivity contribution in [3.63, 3.8) is 0 Å². The minimum Gasteiger partial charge on any atom is -0.467 e. The van der Waals surface area contributed by atoms with Gasteiger partial charge in [-0.2, -0.15) is 5.10 Å². The van der Waals surface area contributed by atoms with E-state index in [0.29, 0.717) is 6.54 Å². The SMILES string of the molecule is CCCNCc1coc(Cn2nc(C)c(Br)c2C)c1. The van der Waals surface area contributed by atoms with Crippen LogP contribution < -0.4 is 5.32 Å². The summed E-state index contributed by atoms with van der Waals surface area (Å²) in [5, 5.41) is 7.85. The zero-order valence-corrected chi connectivity index (χ0v) is 13.2. The molecule has 2 aromatic heterocycles. The number of halogens is 1. The number of furan rings is 1. The highest BCUT2D eigenvalue weighted by Crippen LogP contribution is 2.21. The van der Waals surface area contributed by atoms with Crippen LogP contribution in [0, 0.1) is 13.8 Å². The van der Waals surface area contributed by atoms with Gasteiger partial charge in [0, 0.05) is 12.1 Å². The van der Waals surface area contributed by atoms with Gasteiger partial charge in [0.2, 0.25) is 0 Å². The van der Waals surface area contributed by atoms with E-state index in [9.17, 15) is 0 Å². The zero-order valence-electron chi connectivity index (χ0n) is 11.7. The monoisotopic (exact) mass is 325 g/mol. The Labute approximate surface area is 122 Å². The van der Waals surface area contributed by atoms with Gasteiger partial charge in [-0.25, -0.2) is 0 Å². The van der Waals surface area contributed by atoms with Gasteiger partial charge in [0.05, 0.1) is 28.7 Å². The molecule has 2 aromatic rings. The second-order valence-corrected chi connectivity index (χ2v) is 5.53. The van der Waals surface area contributed by atoms with Gasteiger partial charge in [0.25, 0.3) is 0 Å². The molecule has 0 amide bonds. The molecular weight excluding hydrogens is 306 g/mol. The number of nitrogens with zero attached hydrogens (tertiary/aromatic N) is 2. The molecule has 5 heteroatoms. The van der Waals surface area contributed by atoms with Gasteiger partial charge < -0.3 is 9.73 Å². The standard InChI is InChI=1S/C14H20BrN3O/c1-4-5-16-7-12-6-13(19-9-12)8-18-11(3)14(15)10(2)17-18/h6,9,16H,4-5,7-8H2,1-3H3. The van der Waals surface area contributed by atoms with Crippen LogP contribution in [0.25, 0.3) is 0 Å². The van der Waals surface area contributed by atoms with Crippen molar-refractivity contribution in [2.75, 3.05) is 6.54 Å². The molecule has 19 heavy (non-hydrogen) atoms. The maximum atomic E-state index is 5.59. The van der Waals surface area contributed by atoms with E-state index in [1.54, 1.807) is 0 Å². The molecular formula is C14H20BrN3O. The normalized spacial score (nSPS) is 11.2. The highest BCUT2D eigenvalue weighted by atomic mass is 79.9. The van der Waals surface area contributed by atoms with Crippen molar-refractivity contribution in [2.45, 2.75) is 40.3 Å². The number of aryl methyl sites for hydroxylation is 1. The van der Waals surface area contributed by atoms with Gasteiger partial charge in [-0.3, -0.25) is 4.68 Å². The van der Waals surface area contributed by atoms with Crippen molar-refractivity contribution >= 4 is 15.9 Å². The van der Waals surface area contributed by atoms with Gasteiger partial charge in [-0.1, -0.05) is 6.92 Å². The van der Waals surface area contributed by atoms with Crippen LogP contribution in [0.1, 0.15) is 36.1 Å². The van der Waals surface area contributed by atoms with Crippen LogP contribution in [-0.4, -0.2) is 16.3 Å². The Morgan fingerprint density at radius 2 is 2.21 bits per heavy atom. The molecule has 0 unspecified atom stereocenters. The molecule has 0 saturated heterocycles. The third-order valence-electron chi connectivity index (χ3n) is 3.06. The minimum absolute atomic E-state index is 0.673. The summed E-state index contributed by atoms with van der Waals surface area (Å²) >= 11 is 3.54. The van der Waals surface area contributed by atoms with Gasteiger partial charge in [-0.05, 0) is 48.8 Å². The highest BCUT2D eigenvalue weighted by molar-refractivity contribution is 9.10. The molecule has 2 rings (SSSR count). The zero-order chi connectivity index (χ0) is 13.8. The summed E-state index contributed by atoms with van der Waals surface area (Å²) in [6.07, 6.45) is 2.96. The summed E-state index contributed by atoms with van der Waals surface area (Å²) < 4.78 is 8.62. The maximum Gasteiger partial charge on any atom is 0.125 e. The Morgan fingerprint density at radius 3 is 2.84 bits per heavy atom. The topological polar surface area (TPSA) is 43.0 Å². The van der Waals surface area contributed by atoms with Crippen LogP contribution in [0.15, 0.2) is 21.2 Å². The van der Waals surface area contributed by atoms with Crippen molar-refractivity contribution in [1.29, 1.82) is 0 Å². The summed E-state index contributed by atoms with van der Waals surface area (Å²) in [7, 11) is 0. The van der Waals surface area contributed by atoms with E-state index in [4.69, 9.17) is 4.42 Å². The van der Waals surface area contributed by atoms with Crippen LogP contribution >= 0.6 is 15.9 Å². The van der Waals surface area contributed by atoms with Crippen molar-refractivity contribution in [1.82, 2.24) is 15.1 Å². The van der Waals surface area contributed by atoms with E-state index in [-0.39, 0.29) is 0 Å². The fraction of sp³-hybridized carbons (Fsp3) is 0.500. The Bertz CT molecular complexity index is 545. The Morgan fingerprint density at radius 1 is 1.42 bits per heavy atom. The van der Waals surface area contributed by atoms with E-state index >= 15 is 0 Å². The molecule has 2 heterocycles. The Hall–Kier alpha value is -1.07. The first kappa shape index (κ1) is 14.3. The smallest absolute Gasteiger partial charge is 0.125 e. The van der Waals surface area contributed by atoms with E-state index < -0.39 is 0 Å². The van der Waals surface area contributed by atoms with Gasteiger partial charge in [0.1, 0.15) is 5.76 Å². The number of nitrogens with one attached hydrogen (secondary N) is 1. The van der Waals surface area contributed by atoms with E-state index in [1.165, 1.54) is 5.56 Å². The van der Waals surface area contributed by atoms with Crippen LogP contribution in [0.2, 0.25) is 0 Å². The van der Waals surface area contributed by atoms with Crippen molar-refractivity contribution < 1.29 is 4.42 Å². The lowest BCUT2D eigenvalue weighted by atomic mass is 10.3. The largest absolute Gasteiger partial charge is 0.467 e. The number of rotatable bonds is 6. The third kappa shape index (κ3) is 3.48. The van der Waals surface area contributed by atoms with Crippen molar-refractivity contribution in [3.8, 4) is 0 Å². The maximum absolute atomic E-state index is 5.59. The molecule has 0 aliphatic heterocycles. The molecule has 0 aliphatic carbocycles. The average Bonchev–Trinajstić information content (AvgIpc) is 2.92. The van der Waals surface area contributed by atoms with Crippen LogP contribution in [0.4, 0.5) is 0 Å². The quantitative estimate of drug-likeness (QED) is 0.828. The van der Waals surface area contributed by atoms with E-state index in [1.807, 2.05) is 17.9 Å². The molecule has 0 aliphatic rings. The molecule has 0 bridgehead atoms. The van der Waals surface area contributed by atoms with Crippen molar-refractivity contribution in [2.24, 2.45) is 0 Å². The summed E-state index contributed by atoms with van der Waals surface area (Å²) in [5.41, 5.74) is 3.32. The fourth-order valence-corrected chi connectivity index (χ4v) is 2.27. The second kappa shape index (κ2) is 6.39. The summed E-state index contributed by atoms with van der Waals surface area (Å²) in [5.74, 6) is 0.936.